The summed E-state index contributed by atoms with van der Waals surface area (Å²) in [6.07, 6.45) is 2.07. The second-order valence-corrected chi connectivity index (χ2v) is 5.90. The molecule has 7 nitrogen and oxygen atoms in total. The lowest BCUT2D eigenvalue weighted by Crippen LogP contribution is -2.22. The number of ether oxygens (including phenoxy) is 2. The van der Waals surface area contributed by atoms with Crippen molar-refractivity contribution in [3.63, 3.8) is 0 Å². The molecule has 0 saturated heterocycles. The van der Waals surface area contributed by atoms with Crippen LogP contribution in [0.1, 0.15) is 35.7 Å². The SMILES string of the molecule is CCCCOc1ccc(CNC(=O)c2ccc3n[nH]nc3c2)cc1OC. The van der Waals surface area contributed by atoms with Gasteiger partial charge in [-0.25, -0.2) is 0 Å². The third kappa shape index (κ3) is 4.11. The number of H-pyrrole nitrogens is 1. The summed E-state index contributed by atoms with van der Waals surface area (Å²) in [7, 11) is 1.61. The zero-order valence-corrected chi connectivity index (χ0v) is 14.9. The van der Waals surface area contributed by atoms with Crippen molar-refractivity contribution in [3.8, 4) is 11.5 Å². The van der Waals surface area contributed by atoms with Gasteiger partial charge in [0.05, 0.1) is 13.7 Å². The predicted molar refractivity (Wildman–Crippen MR) is 98.5 cm³/mol. The number of benzene rings is 2. The average Bonchev–Trinajstić information content (AvgIpc) is 3.14. The normalized spacial score (nSPS) is 10.7. The van der Waals surface area contributed by atoms with Gasteiger partial charge in [-0.15, -0.1) is 0 Å². The molecule has 0 aliphatic heterocycles. The van der Waals surface area contributed by atoms with Gasteiger partial charge >= 0.3 is 0 Å². The van der Waals surface area contributed by atoms with Crippen LogP contribution in [0.4, 0.5) is 0 Å². The number of nitrogens with zero attached hydrogens (tertiary/aromatic N) is 2. The van der Waals surface area contributed by atoms with E-state index in [0.717, 1.165) is 23.9 Å². The molecular formula is C19H22N4O3. The summed E-state index contributed by atoms with van der Waals surface area (Å²) >= 11 is 0. The molecule has 0 spiro atoms. The number of carbonyl (C=O) groups is 1. The number of aromatic nitrogens is 3. The van der Waals surface area contributed by atoms with Gasteiger partial charge in [0.25, 0.3) is 5.91 Å². The molecule has 0 atom stereocenters. The Labute approximate surface area is 151 Å². The first-order valence-electron chi connectivity index (χ1n) is 8.59. The van der Waals surface area contributed by atoms with Gasteiger partial charge in [-0.1, -0.05) is 19.4 Å². The lowest BCUT2D eigenvalue weighted by Gasteiger charge is -2.12. The van der Waals surface area contributed by atoms with Crippen LogP contribution >= 0.6 is 0 Å². The number of amides is 1. The highest BCUT2D eigenvalue weighted by atomic mass is 16.5. The average molecular weight is 354 g/mol. The molecule has 26 heavy (non-hydrogen) atoms. The van der Waals surface area contributed by atoms with Crippen LogP contribution in [0.25, 0.3) is 11.0 Å². The number of aromatic amines is 1. The fourth-order valence-corrected chi connectivity index (χ4v) is 2.53. The first-order chi connectivity index (χ1) is 12.7. The molecule has 1 aromatic heterocycles. The quantitative estimate of drug-likeness (QED) is 0.607. The third-order valence-corrected chi connectivity index (χ3v) is 4.02. The molecule has 7 heteroatoms. The third-order valence-electron chi connectivity index (χ3n) is 4.02. The van der Waals surface area contributed by atoms with Crippen LogP contribution in [-0.2, 0) is 6.54 Å². The van der Waals surface area contributed by atoms with E-state index >= 15 is 0 Å². The van der Waals surface area contributed by atoms with Crippen molar-refractivity contribution in [2.75, 3.05) is 13.7 Å². The van der Waals surface area contributed by atoms with E-state index in [0.29, 0.717) is 35.7 Å². The van der Waals surface area contributed by atoms with Crippen molar-refractivity contribution in [2.24, 2.45) is 0 Å². The molecule has 0 radical (unpaired) electrons. The number of carbonyl (C=O) groups excluding carboxylic acids is 1. The highest BCUT2D eigenvalue weighted by molar-refractivity contribution is 5.97. The Hall–Kier alpha value is -3.09. The van der Waals surface area contributed by atoms with E-state index in [1.54, 1.807) is 25.3 Å². The Balaban J connectivity index is 1.63. The fraction of sp³-hybridized carbons (Fsp3) is 0.316. The largest absolute Gasteiger partial charge is 0.493 e. The highest BCUT2D eigenvalue weighted by Crippen LogP contribution is 2.28. The number of methoxy groups -OCH3 is 1. The molecule has 0 bridgehead atoms. The minimum absolute atomic E-state index is 0.169. The van der Waals surface area contributed by atoms with Crippen molar-refractivity contribution in [2.45, 2.75) is 26.3 Å². The van der Waals surface area contributed by atoms with Gasteiger partial charge in [-0.3, -0.25) is 4.79 Å². The van der Waals surface area contributed by atoms with Gasteiger partial charge in [0.1, 0.15) is 11.0 Å². The molecule has 3 rings (SSSR count). The molecule has 3 aromatic rings. The van der Waals surface area contributed by atoms with Crippen molar-refractivity contribution in [3.05, 3.63) is 47.5 Å². The van der Waals surface area contributed by atoms with Gasteiger partial charge in [0.2, 0.25) is 0 Å². The lowest BCUT2D eigenvalue weighted by atomic mass is 10.1. The van der Waals surface area contributed by atoms with E-state index in [1.165, 1.54) is 0 Å². The molecule has 2 N–H and O–H groups in total. The maximum atomic E-state index is 12.4. The summed E-state index contributed by atoms with van der Waals surface area (Å²) in [5.74, 6) is 1.21. The monoisotopic (exact) mass is 354 g/mol. The molecular weight excluding hydrogens is 332 g/mol. The zero-order chi connectivity index (χ0) is 18.4. The van der Waals surface area contributed by atoms with Crippen LogP contribution in [0, 0.1) is 0 Å². The molecule has 1 amide bonds. The van der Waals surface area contributed by atoms with E-state index < -0.39 is 0 Å². The minimum Gasteiger partial charge on any atom is -0.493 e. The number of rotatable bonds is 8. The molecule has 0 aliphatic carbocycles. The van der Waals surface area contributed by atoms with Crippen LogP contribution in [0.2, 0.25) is 0 Å². The van der Waals surface area contributed by atoms with Gasteiger partial charge in [-0.05, 0) is 42.3 Å². The van der Waals surface area contributed by atoms with Crippen LogP contribution in [0.3, 0.4) is 0 Å². The molecule has 0 unspecified atom stereocenters. The lowest BCUT2D eigenvalue weighted by molar-refractivity contribution is 0.0951. The smallest absolute Gasteiger partial charge is 0.251 e. The summed E-state index contributed by atoms with van der Waals surface area (Å²) in [4.78, 5) is 12.4. The summed E-state index contributed by atoms with van der Waals surface area (Å²) in [5, 5.41) is 13.4. The minimum atomic E-state index is -0.169. The topological polar surface area (TPSA) is 89.1 Å². The van der Waals surface area contributed by atoms with Gasteiger partial charge < -0.3 is 14.8 Å². The molecule has 0 aliphatic rings. The number of hydrogen-bond donors (Lipinski definition) is 2. The highest BCUT2D eigenvalue weighted by Gasteiger charge is 2.10. The van der Waals surface area contributed by atoms with Gasteiger partial charge in [0, 0.05) is 12.1 Å². The number of fused-ring (bicyclic) bond motifs is 1. The van der Waals surface area contributed by atoms with Crippen molar-refractivity contribution < 1.29 is 14.3 Å². The Bertz CT molecular complexity index is 891. The summed E-state index contributed by atoms with van der Waals surface area (Å²) in [6, 6.07) is 10.9. The molecule has 136 valence electrons. The molecule has 0 saturated carbocycles. The fourth-order valence-electron chi connectivity index (χ4n) is 2.53. The number of hydrogen-bond acceptors (Lipinski definition) is 5. The van der Waals surface area contributed by atoms with Crippen LogP contribution in [0.15, 0.2) is 36.4 Å². The molecule has 0 fully saturated rings. The second kappa shape index (κ2) is 8.33. The second-order valence-electron chi connectivity index (χ2n) is 5.90. The van der Waals surface area contributed by atoms with Crippen molar-refractivity contribution in [1.29, 1.82) is 0 Å². The first kappa shape index (κ1) is 17.7. The van der Waals surface area contributed by atoms with Gasteiger partial charge in [0.15, 0.2) is 11.5 Å². The predicted octanol–water partition coefficient (Wildman–Crippen LogP) is 3.08. The standard InChI is InChI=1S/C19H22N4O3/c1-3-4-9-26-17-8-5-13(10-18(17)25-2)12-20-19(24)14-6-7-15-16(11-14)22-23-21-15/h5-8,10-11H,3-4,9,12H2,1-2H3,(H,20,24)(H,21,22,23). The first-order valence-corrected chi connectivity index (χ1v) is 8.59. The van der Waals surface area contributed by atoms with Crippen molar-refractivity contribution in [1.82, 2.24) is 20.7 Å². The zero-order valence-electron chi connectivity index (χ0n) is 14.9. The van der Waals surface area contributed by atoms with E-state index in [1.807, 2.05) is 18.2 Å². The van der Waals surface area contributed by atoms with E-state index in [2.05, 4.69) is 27.7 Å². The van der Waals surface area contributed by atoms with Gasteiger partial charge in [-0.2, -0.15) is 15.4 Å². The summed E-state index contributed by atoms with van der Waals surface area (Å²) in [5.41, 5.74) is 2.86. The summed E-state index contributed by atoms with van der Waals surface area (Å²) < 4.78 is 11.1. The molecule has 2 aromatic carbocycles. The Morgan fingerprint density at radius 1 is 1.12 bits per heavy atom. The Morgan fingerprint density at radius 2 is 1.96 bits per heavy atom. The van der Waals surface area contributed by atoms with Crippen LogP contribution in [-0.4, -0.2) is 35.0 Å². The van der Waals surface area contributed by atoms with Crippen LogP contribution < -0.4 is 14.8 Å². The maximum absolute atomic E-state index is 12.4. The number of unbranched alkanes of at least 4 members (excludes halogenated alkanes) is 1. The van der Waals surface area contributed by atoms with E-state index in [9.17, 15) is 4.79 Å². The van der Waals surface area contributed by atoms with Crippen LogP contribution in [0.5, 0.6) is 11.5 Å². The maximum Gasteiger partial charge on any atom is 0.251 e. The number of nitrogens with one attached hydrogen (secondary N) is 2. The molecule has 1 heterocycles. The summed E-state index contributed by atoms with van der Waals surface area (Å²) in [6.45, 7) is 3.17. The van der Waals surface area contributed by atoms with Crippen molar-refractivity contribution >= 4 is 16.9 Å². The van der Waals surface area contributed by atoms with E-state index in [4.69, 9.17) is 9.47 Å². The van der Waals surface area contributed by atoms with E-state index in [-0.39, 0.29) is 5.91 Å². The Kier molecular flexibility index (Phi) is 5.68. The Morgan fingerprint density at radius 3 is 2.77 bits per heavy atom.